The van der Waals surface area contributed by atoms with Crippen LogP contribution in [0.15, 0.2) is 98.2 Å². The Morgan fingerprint density at radius 3 is 2.21 bits per heavy atom. The van der Waals surface area contributed by atoms with Crippen LogP contribution in [0.3, 0.4) is 0 Å². The Labute approximate surface area is 227 Å². The molecule has 0 atom stereocenters. The normalized spacial score (nSPS) is 14.5. The molecule has 0 bridgehead atoms. The van der Waals surface area contributed by atoms with Gasteiger partial charge in [-0.2, -0.15) is 0 Å². The van der Waals surface area contributed by atoms with E-state index in [9.17, 15) is 9.59 Å². The molecule has 5 rings (SSSR count). The van der Waals surface area contributed by atoms with E-state index in [0.29, 0.717) is 16.9 Å². The summed E-state index contributed by atoms with van der Waals surface area (Å²) in [6, 6.07) is 25.1. The molecule has 1 heterocycles. The molecule has 1 aliphatic carbocycles. The van der Waals surface area contributed by atoms with Gasteiger partial charge in [0.25, 0.3) is 0 Å². The predicted molar refractivity (Wildman–Crippen MR) is 151 cm³/mol. The van der Waals surface area contributed by atoms with Gasteiger partial charge in [0.15, 0.2) is 5.76 Å². The lowest BCUT2D eigenvalue weighted by molar-refractivity contribution is -0.140. The lowest BCUT2D eigenvalue weighted by atomic mass is 9.85. The average Bonchev–Trinajstić information content (AvgIpc) is 3.39. The fraction of sp³-hybridized carbons (Fsp3) is 0.281. The van der Waals surface area contributed by atoms with Crippen molar-refractivity contribution >= 4 is 40.2 Å². The number of rotatable bonds is 9. The molecule has 0 radical (unpaired) electrons. The summed E-state index contributed by atoms with van der Waals surface area (Å²) in [7, 11) is 0. The number of furan rings is 1. The van der Waals surface area contributed by atoms with Crippen molar-refractivity contribution in [2.24, 2.45) is 11.1 Å². The Balaban J connectivity index is 1.23. The van der Waals surface area contributed by atoms with Crippen molar-refractivity contribution < 1.29 is 18.8 Å². The number of ketones is 1. The van der Waals surface area contributed by atoms with E-state index in [0.717, 1.165) is 45.2 Å². The Hall–Kier alpha value is -3.64. The highest BCUT2D eigenvalue weighted by molar-refractivity contribution is 7.99. The van der Waals surface area contributed by atoms with Crippen molar-refractivity contribution in [3.05, 3.63) is 95.7 Å². The molecule has 0 saturated heterocycles. The van der Waals surface area contributed by atoms with Gasteiger partial charge in [0, 0.05) is 27.7 Å². The molecule has 0 N–H and O–H groups in total. The highest BCUT2D eigenvalue weighted by atomic mass is 32.2. The van der Waals surface area contributed by atoms with Crippen LogP contribution in [0.5, 0.6) is 0 Å². The van der Waals surface area contributed by atoms with Crippen molar-refractivity contribution in [2.75, 3.05) is 0 Å². The van der Waals surface area contributed by atoms with E-state index >= 15 is 0 Å². The molecule has 4 aromatic rings. The highest BCUT2D eigenvalue weighted by Crippen LogP contribution is 2.31. The molecule has 5 nitrogen and oxygen atoms in total. The molecular weight excluding hydrogens is 494 g/mol. The zero-order valence-electron chi connectivity index (χ0n) is 21.5. The fourth-order valence-electron chi connectivity index (χ4n) is 4.94. The largest absolute Gasteiger partial charge is 0.453 e. The van der Waals surface area contributed by atoms with E-state index in [1.165, 1.54) is 39.0 Å². The van der Waals surface area contributed by atoms with Crippen LogP contribution < -0.4 is 0 Å². The van der Waals surface area contributed by atoms with Gasteiger partial charge in [0.05, 0.1) is 5.71 Å². The first-order valence-electron chi connectivity index (χ1n) is 13.2. The third-order valence-corrected chi connectivity index (χ3v) is 8.00. The number of fused-ring (bicyclic) bond motifs is 1. The highest BCUT2D eigenvalue weighted by Gasteiger charge is 2.17. The SMILES string of the molecule is CC(=O)O/N=C(/CCC1CCCCC1)c1ccc(Sc2ccc(C(=O)c3cc4ccccc4o3)cc2)cc1. The number of hydrogen-bond acceptors (Lipinski definition) is 6. The van der Waals surface area contributed by atoms with E-state index in [1.807, 2.05) is 60.7 Å². The van der Waals surface area contributed by atoms with Gasteiger partial charge >= 0.3 is 5.97 Å². The van der Waals surface area contributed by atoms with E-state index in [4.69, 9.17) is 9.25 Å². The molecule has 38 heavy (non-hydrogen) atoms. The van der Waals surface area contributed by atoms with Gasteiger partial charge in [-0.15, -0.1) is 0 Å². The third-order valence-electron chi connectivity index (χ3n) is 6.99. The van der Waals surface area contributed by atoms with Gasteiger partial charge in [-0.3, -0.25) is 4.79 Å². The molecule has 1 aliphatic rings. The zero-order chi connectivity index (χ0) is 26.3. The van der Waals surface area contributed by atoms with Crippen molar-refractivity contribution in [1.29, 1.82) is 0 Å². The second-order valence-electron chi connectivity index (χ2n) is 9.79. The van der Waals surface area contributed by atoms with Gasteiger partial charge in [0.1, 0.15) is 5.58 Å². The minimum atomic E-state index is -0.408. The summed E-state index contributed by atoms with van der Waals surface area (Å²) in [4.78, 5) is 31.4. The second kappa shape index (κ2) is 12.3. The molecule has 3 aromatic carbocycles. The van der Waals surface area contributed by atoms with Crippen LogP contribution in [-0.4, -0.2) is 17.5 Å². The average molecular weight is 526 g/mol. The second-order valence-corrected chi connectivity index (χ2v) is 10.9. The number of para-hydroxylation sites is 1. The number of nitrogens with zero attached hydrogens (tertiary/aromatic N) is 1. The maximum atomic E-state index is 12.9. The smallest absolute Gasteiger partial charge is 0.331 e. The molecule has 1 saturated carbocycles. The lowest BCUT2D eigenvalue weighted by Crippen LogP contribution is -2.10. The standard InChI is InChI=1S/C32H31NO4S/c1-22(34)37-33-29(20-11-23-7-3-2-4-8-23)24-12-16-27(17-13-24)38-28-18-14-25(15-19-28)32(35)31-21-26-9-5-6-10-30(26)36-31/h5-6,9-10,12-19,21,23H,2-4,7-8,11,20H2,1H3/b33-29-. The van der Waals surface area contributed by atoms with Crippen molar-refractivity contribution in [3.63, 3.8) is 0 Å². The summed E-state index contributed by atoms with van der Waals surface area (Å²) in [6.45, 7) is 1.37. The van der Waals surface area contributed by atoms with Crippen LogP contribution in [0.2, 0.25) is 0 Å². The minimum absolute atomic E-state index is 0.130. The van der Waals surface area contributed by atoms with Crippen molar-refractivity contribution in [3.8, 4) is 0 Å². The lowest BCUT2D eigenvalue weighted by Gasteiger charge is -2.21. The molecular formula is C32H31NO4S. The topological polar surface area (TPSA) is 68.9 Å². The fourth-order valence-corrected chi connectivity index (χ4v) is 5.76. The first-order valence-corrected chi connectivity index (χ1v) is 14.0. The van der Waals surface area contributed by atoms with Crippen LogP contribution in [-0.2, 0) is 9.63 Å². The first kappa shape index (κ1) is 26.0. The van der Waals surface area contributed by atoms with Crippen LogP contribution in [0, 0.1) is 5.92 Å². The first-order chi connectivity index (χ1) is 18.5. The molecule has 0 aliphatic heterocycles. The molecule has 194 valence electrons. The molecule has 6 heteroatoms. The van der Waals surface area contributed by atoms with Gasteiger partial charge < -0.3 is 9.25 Å². The van der Waals surface area contributed by atoms with Crippen LogP contribution in [0.1, 0.15) is 73.6 Å². The summed E-state index contributed by atoms with van der Waals surface area (Å²) in [5.41, 5.74) is 3.09. The van der Waals surface area contributed by atoms with E-state index < -0.39 is 5.97 Å². The summed E-state index contributed by atoms with van der Waals surface area (Å²) in [6.07, 6.45) is 8.37. The Bertz CT molecular complexity index is 1400. The van der Waals surface area contributed by atoms with Gasteiger partial charge in [-0.05, 0) is 72.9 Å². The van der Waals surface area contributed by atoms with E-state index in [-0.39, 0.29) is 5.78 Å². The minimum Gasteiger partial charge on any atom is -0.453 e. The van der Waals surface area contributed by atoms with Gasteiger partial charge in [-0.1, -0.05) is 79.4 Å². The van der Waals surface area contributed by atoms with Gasteiger partial charge in [0.2, 0.25) is 5.78 Å². The van der Waals surface area contributed by atoms with Crippen LogP contribution >= 0.6 is 11.8 Å². The summed E-state index contributed by atoms with van der Waals surface area (Å²) < 4.78 is 5.73. The van der Waals surface area contributed by atoms with Crippen molar-refractivity contribution in [1.82, 2.24) is 0 Å². The summed E-state index contributed by atoms with van der Waals surface area (Å²) in [5.74, 6) is 0.532. The predicted octanol–water partition coefficient (Wildman–Crippen LogP) is 8.44. The summed E-state index contributed by atoms with van der Waals surface area (Å²) >= 11 is 1.62. The van der Waals surface area contributed by atoms with Crippen LogP contribution in [0.25, 0.3) is 11.0 Å². The number of hydrogen-bond donors (Lipinski definition) is 0. The third kappa shape index (κ3) is 6.62. The monoisotopic (exact) mass is 525 g/mol. The number of carbonyl (C=O) groups excluding carboxylic acids is 2. The number of oxime groups is 1. The zero-order valence-corrected chi connectivity index (χ0v) is 22.3. The number of benzene rings is 3. The van der Waals surface area contributed by atoms with E-state index in [2.05, 4.69) is 17.3 Å². The maximum Gasteiger partial charge on any atom is 0.331 e. The maximum absolute atomic E-state index is 12.9. The summed E-state index contributed by atoms with van der Waals surface area (Å²) in [5, 5.41) is 5.10. The van der Waals surface area contributed by atoms with Crippen molar-refractivity contribution in [2.45, 2.75) is 61.7 Å². The molecule has 0 unspecified atom stereocenters. The molecule has 0 amide bonds. The molecule has 0 spiro atoms. The Morgan fingerprint density at radius 1 is 0.895 bits per heavy atom. The Kier molecular flexibility index (Phi) is 8.39. The number of carbonyl (C=O) groups is 2. The van der Waals surface area contributed by atoms with Crippen LogP contribution in [0.4, 0.5) is 0 Å². The quantitative estimate of drug-likeness (QED) is 0.0949. The van der Waals surface area contributed by atoms with E-state index in [1.54, 1.807) is 17.8 Å². The van der Waals surface area contributed by atoms with Gasteiger partial charge in [-0.25, -0.2) is 4.79 Å². The Morgan fingerprint density at radius 2 is 1.55 bits per heavy atom. The molecule has 1 aromatic heterocycles. The molecule has 1 fully saturated rings.